The van der Waals surface area contributed by atoms with E-state index in [4.69, 9.17) is 16.3 Å². The van der Waals surface area contributed by atoms with Crippen LogP contribution in [-0.4, -0.2) is 27.2 Å². The average Bonchev–Trinajstić information content (AvgIpc) is 2.73. The highest BCUT2D eigenvalue weighted by atomic mass is 35.5. The summed E-state index contributed by atoms with van der Waals surface area (Å²) in [7, 11) is 0. The van der Waals surface area contributed by atoms with Crippen molar-refractivity contribution in [3.63, 3.8) is 0 Å². The monoisotopic (exact) mass is 310 g/mol. The van der Waals surface area contributed by atoms with E-state index in [1.165, 1.54) is 0 Å². The number of aromatic nitrogens is 2. The summed E-state index contributed by atoms with van der Waals surface area (Å²) >= 11 is 5.79. The lowest BCUT2D eigenvalue weighted by Crippen LogP contribution is -2.14. The lowest BCUT2D eigenvalue weighted by molar-refractivity contribution is -0.143. The van der Waals surface area contributed by atoms with Crippen LogP contribution in [0.5, 0.6) is 5.88 Å². The van der Waals surface area contributed by atoms with E-state index in [2.05, 4.69) is 4.98 Å². The van der Waals surface area contributed by atoms with Crippen molar-refractivity contribution < 1.29 is 14.6 Å². The minimum Gasteiger partial charge on any atom is -0.493 e. The summed E-state index contributed by atoms with van der Waals surface area (Å²) in [5.41, 5.74) is 0.303. The molecule has 2 rings (SSSR count). The van der Waals surface area contributed by atoms with Gasteiger partial charge in [-0.3, -0.25) is 4.79 Å². The van der Waals surface area contributed by atoms with Crippen molar-refractivity contribution in [1.29, 1.82) is 0 Å². The van der Waals surface area contributed by atoms with E-state index in [0.717, 1.165) is 4.57 Å². The first-order chi connectivity index (χ1) is 10.0. The van der Waals surface area contributed by atoms with Crippen molar-refractivity contribution >= 4 is 17.6 Å². The van der Waals surface area contributed by atoms with Crippen molar-refractivity contribution in [3.8, 4) is 11.6 Å². The number of halogens is 1. The molecule has 0 saturated carbocycles. The average molecular weight is 311 g/mol. The molecule has 1 aromatic heterocycles. The first-order valence-corrected chi connectivity index (χ1v) is 6.85. The van der Waals surface area contributed by atoms with Gasteiger partial charge in [-0.2, -0.15) is 0 Å². The van der Waals surface area contributed by atoms with Crippen molar-refractivity contribution in [2.75, 3.05) is 6.61 Å². The molecule has 2 N–H and O–H groups in total. The summed E-state index contributed by atoms with van der Waals surface area (Å²) in [6.45, 7) is 2.02. The number of benzene rings is 1. The summed E-state index contributed by atoms with van der Waals surface area (Å²) in [4.78, 5) is 25.8. The highest BCUT2D eigenvalue weighted by Crippen LogP contribution is 2.20. The van der Waals surface area contributed by atoms with E-state index in [-0.39, 0.29) is 24.7 Å². The fourth-order valence-corrected chi connectivity index (χ4v) is 2.06. The van der Waals surface area contributed by atoms with Gasteiger partial charge >= 0.3 is 11.7 Å². The van der Waals surface area contributed by atoms with E-state index >= 15 is 0 Å². The van der Waals surface area contributed by atoms with Gasteiger partial charge in [-0.05, 0) is 31.2 Å². The first kappa shape index (κ1) is 15.2. The number of aromatic hydroxyl groups is 1. The quantitative estimate of drug-likeness (QED) is 0.828. The van der Waals surface area contributed by atoms with Gasteiger partial charge in [0, 0.05) is 11.4 Å². The first-order valence-electron chi connectivity index (χ1n) is 6.47. The molecular weight excluding hydrogens is 296 g/mol. The van der Waals surface area contributed by atoms with Crippen LogP contribution in [0.2, 0.25) is 5.02 Å². The number of esters is 1. The summed E-state index contributed by atoms with van der Waals surface area (Å²) < 4.78 is 5.93. The highest BCUT2D eigenvalue weighted by molar-refractivity contribution is 6.30. The van der Waals surface area contributed by atoms with Gasteiger partial charge in [-0.1, -0.05) is 11.6 Å². The normalized spacial score (nSPS) is 10.6. The van der Waals surface area contributed by atoms with E-state index < -0.39 is 5.69 Å². The van der Waals surface area contributed by atoms with Gasteiger partial charge in [-0.25, -0.2) is 9.36 Å². The summed E-state index contributed by atoms with van der Waals surface area (Å²) in [5, 5.41) is 10.7. The number of H-pyrrole nitrogens is 1. The van der Waals surface area contributed by atoms with Crippen molar-refractivity contribution in [1.82, 2.24) is 9.55 Å². The van der Waals surface area contributed by atoms with Crippen LogP contribution in [-0.2, 0) is 16.0 Å². The number of aryl methyl sites for hydroxylation is 1. The van der Waals surface area contributed by atoms with Crippen LogP contribution < -0.4 is 5.69 Å². The molecule has 0 aliphatic carbocycles. The molecule has 0 aliphatic rings. The zero-order valence-electron chi connectivity index (χ0n) is 11.4. The molecule has 7 heteroatoms. The lowest BCUT2D eigenvalue weighted by atomic mass is 10.2. The molecule has 1 heterocycles. The van der Waals surface area contributed by atoms with Crippen molar-refractivity contribution in [2.24, 2.45) is 0 Å². The molecule has 112 valence electrons. The van der Waals surface area contributed by atoms with Crippen LogP contribution in [0.25, 0.3) is 5.69 Å². The standard InChI is InChI=1S/C14H15ClN2O4/c1-2-21-12(18)8-7-11-13(19)17(14(20)16-11)10-5-3-9(15)4-6-10/h3-6,19H,2,7-8H2,1H3,(H,16,20). The third-order valence-corrected chi connectivity index (χ3v) is 3.16. The molecule has 0 fully saturated rings. The number of ether oxygens (including phenoxy) is 1. The number of hydrogen-bond acceptors (Lipinski definition) is 4. The second-order valence-electron chi connectivity index (χ2n) is 4.35. The fourth-order valence-electron chi connectivity index (χ4n) is 1.94. The Labute approximate surface area is 125 Å². The highest BCUT2D eigenvalue weighted by Gasteiger charge is 2.15. The number of imidazole rings is 1. The Morgan fingerprint density at radius 3 is 2.67 bits per heavy atom. The van der Waals surface area contributed by atoms with Gasteiger partial charge in [0.2, 0.25) is 5.88 Å². The third kappa shape index (κ3) is 3.46. The largest absolute Gasteiger partial charge is 0.493 e. The Morgan fingerprint density at radius 2 is 2.05 bits per heavy atom. The third-order valence-electron chi connectivity index (χ3n) is 2.91. The second-order valence-corrected chi connectivity index (χ2v) is 4.79. The second kappa shape index (κ2) is 6.49. The zero-order valence-corrected chi connectivity index (χ0v) is 12.2. The van der Waals surface area contributed by atoms with Gasteiger partial charge in [0.1, 0.15) is 0 Å². The number of nitrogens with one attached hydrogen (secondary N) is 1. The van der Waals surface area contributed by atoms with Crippen LogP contribution in [0.4, 0.5) is 0 Å². The smallest absolute Gasteiger partial charge is 0.333 e. The number of rotatable bonds is 5. The molecule has 0 radical (unpaired) electrons. The van der Waals surface area contributed by atoms with E-state index in [1.54, 1.807) is 31.2 Å². The molecule has 0 saturated heterocycles. The maximum atomic E-state index is 11.9. The maximum absolute atomic E-state index is 11.9. The number of hydrogen-bond donors (Lipinski definition) is 2. The van der Waals surface area contributed by atoms with Crippen LogP contribution in [0.3, 0.4) is 0 Å². The number of carbonyl (C=O) groups is 1. The molecule has 0 amide bonds. The minimum atomic E-state index is -0.478. The van der Waals surface area contributed by atoms with Crippen LogP contribution in [0.15, 0.2) is 29.1 Å². The summed E-state index contributed by atoms with van der Waals surface area (Å²) in [6, 6.07) is 6.47. The molecule has 0 bridgehead atoms. The zero-order chi connectivity index (χ0) is 15.4. The summed E-state index contributed by atoms with van der Waals surface area (Å²) in [6.07, 6.45) is 0.280. The Hall–Kier alpha value is -2.21. The number of carbonyl (C=O) groups excluding carboxylic acids is 1. The van der Waals surface area contributed by atoms with Gasteiger partial charge in [0.15, 0.2) is 0 Å². The maximum Gasteiger partial charge on any atom is 0.333 e. The van der Waals surface area contributed by atoms with Crippen molar-refractivity contribution in [2.45, 2.75) is 19.8 Å². The predicted molar refractivity (Wildman–Crippen MR) is 78.0 cm³/mol. The van der Waals surface area contributed by atoms with Gasteiger partial charge in [-0.15, -0.1) is 0 Å². The topological polar surface area (TPSA) is 84.3 Å². The minimum absolute atomic E-state index is 0.0853. The summed E-state index contributed by atoms with van der Waals surface area (Å²) in [5.74, 6) is -0.594. The van der Waals surface area contributed by atoms with Crippen LogP contribution >= 0.6 is 11.6 Å². The molecule has 2 aromatic rings. The SMILES string of the molecule is CCOC(=O)CCc1[nH]c(=O)n(-c2ccc(Cl)cc2)c1O. The Kier molecular flexibility index (Phi) is 4.70. The number of nitrogens with zero attached hydrogens (tertiary/aromatic N) is 1. The molecule has 0 aliphatic heterocycles. The molecule has 0 spiro atoms. The van der Waals surface area contributed by atoms with Gasteiger partial charge in [0.05, 0.1) is 24.4 Å². The van der Waals surface area contributed by atoms with E-state index in [1.807, 2.05) is 0 Å². The molecule has 6 nitrogen and oxygen atoms in total. The van der Waals surface area contributed by atoms with E-state index in [0.29, 0.717) is 23.0 Å². The Bertz CT molecular complexity index is 688. The van der Waals surface area contributed by atoms with E-state index in [9.17, 15) is 14.7 Å². The molecule has 0 unspecified atom stereocenters. The molecule has 1 aromatic carbocycles. The van der Waals surface area contributed by atoms with Gasteiger partial charge in [0.25, 0.3) is 0 Å². The molecule has 21 heavy (non-hydrogen) atoms. The van der Waals surface area contributed by atoms with Crippen LogP contribution in [0, 0.1) is 0 Å². The predicted octanol–water partition coefficient (Wildman–Crippen LogP) is 2.02. The van der Waals surface area contributed by atoms with Crippen molar-refractivity contribution in [3.05, 3.63) is 45.5 Å². The Morgan fingerprint density at radius 1 is 1.38 bits per heavy atom. The fraction of sp³-hybridized carbons (Fsp3) is 0.286. The molecular formula is C14H15ClN2O4. The Balaban J connectivity index is 2.23. The van der Waals surface area contributed by atoms with Crippen LogP contribution in [0.1, 0.15) is 19.0 Å². The molecule has 0 atom stereocenters. The lowest BCUT2D eigenvalue weighted by Gasteiger charge is -2.04. The van der Waals surface area contributed by atoms with Gasteiger partial charge < -0.3 is 14.8 Å². The number of aromatic amines is 1.